The number of nitrogens with zero attached hydrogens (tertiary/aromatic N) is 5. The number of hydrogen-bond donors (Lipinski definition) is 1. The largest absolute Gasteiger partial charge is 0.349 e. The highest BCUT2D eigenvalue weighted by molar-refractivity contribution is 14.0. The zero-order valence-electron chi connectivity index (χ0n) is 10.3. The molecule has 1 aliphatic rings. The fraction of sp³-hybridized carbons (Fsp3) is 0.700. The molecule has 0 atom stereocenters. The molecule has 0 aliphatic carbocycles. The predicted octanol–water partition coefficient (Wildman–Crippen LogP) is 0.604. The van der Waals surface area contributed by atoms with Crippen LogP contribution in [0.4, 0.5) is 0 Å². The average molecular weight is 350 g/mol. The molecule has 0 unspecified atom stereocenters. The van der Waals surface area contributed by atoms with Crippen molar-refractivity contribution in [3.05, 3.63) is 12.2 Å². The van der Waals surface area contributed by atoms with Crippen molar-refractivity contribution in [2.75, 3.05) is 20.1 Å². The fourth-order valence-electron chi connectivity index (χ4n) is 1.89. The lowest BCUT2D eigenvalue weighted by atomic mass is 10.4. The van der Waals surface area contributed by atoms with E-state index in [2.05, 4.69) is 25.4 Å². The van der Waals surface area contributed by atoms with Crippen molar-refractivity contribution in [3.8, 4) is 0 Å². The molecule has 0 radical (unpaired) electrons. The molecule has 0 spiro atoms. The Morgan fingerprint density at radius 2 is 2.18 bits per heavy atom. The molecule has 1 N–H and O–H groups in total. The molecule has 0 aromatic carbocycles. The molecule has 2 rings (SSSR count). The van der Waals surface area contributed by atoms with Gasteiger partial charge < -0.3 is 14.8 Å². The Labute approximate surface area is 119 Å². The van der Waals surface area contributed by atoms with Crippen LogP contribution >= 0.6 is 24.0 Å². The van der Waals surface area contributed by atoms with Gasteiger partial charge in [0.1, 0.15) is 6.33 Å². The molecule has 1 aromatic heterocycles. The standard InChI is InChI=1S/C10H18N6.HI/c1-11-10(16-5-3-4-6-16)12-7-9-14-13-8-15(9)2;/h8H,3-7H2,1-2H3,(H,11,12);1H. The summed E-state index contributed by atoms with van der Waals surface area (Å²) in [6, 6.07) is 0. The van der Waals surface area contributed by atoms with Gasteiger partial charge in [-0.2, -0.15) is 0 Å². The van der Waals surface area contributed by atoms with Crippen LogP contribution in [0.15, 0.2) is 11.3 Å². The highest BCUT2D eigenvalue weighted by atomic mass is 127. The number of aromatic nitrogens is 3. The van der Waals surface area contributed by atoms with Gasteiger partial charge in [0.2, 0.25) is 0 Å². The monoisotopic (exact) mass is 350 g/mol. The summed E-state index contributed by atoms with van der Waals surface area (Å²) in [6.45, 7) is 2.86. The van der Waals surface area contributed by atoms with E-state index in [1.165, 1.54) is 12.8 Å². The predicted molar refractivity (Wildman–Crippen MR) is 77.4 cm³/mol. The van der Waals surface area contributed by atoms with Gasteiger partial charge in [0.25, 0.3) is 0 Å². The molecule has 7 heteroatoms. The lowest BCUT2D eigenvalue weighted by Crippen LogP contribution is -2.39. The quantitative estimate of drug-likeness (QED) is 0.482. The number of halogens is 1. The summed E-state index contributed by atoms with van der Waals surface area (Å²) in [5.41, 5.74) is 0. The third-order valence-corrected chi connectivity index (χ3v) is 2.83. The molecule has 1 saturated heterocycles. The first kappa shape index (κ1) is 14.2. The van der Waals surface area contributed by atoms with Crippen molar-refractivity contribution >= 4 is 29.9 Å². The summed E-state index contributed by atoms with van der Waals surface area (Å²) in [6.07, 6.45) is 4.21. The number of aryl methyl sites for hydroxylation is 1. The van der Waals surface area contributed by atoms with Crippen LogP contribution in [0, 0.1) is 0 Å². The molecular formula is C10H19IN6. The molecule has 0 saturated carbocycles. The number of nitrogens with one attached hydrogen (secondary N) is 1. The van der Waals surface area contributed by atoms with E-state index < -0.39 is 0 Å². The molecule has 1 fully saturated rings. The van der Waals surface area contributed by atoms with Crippen LogP contribution in [0.25, 0.3) is 0 Å². The second-order valence-corrected chi connectivity index (χ2v) is 3.95. The smallest absolute Gasteiger partial charge is 0.194 e. The van der Waals surface area contributed by atoms with Crippen LogP contribution in [-0.2, 0) is 13.6 Å². The summed E-state index contributed by atoms with van der Waals surface area (Å²) in [5, 5.41) is 11.2. The minimum atomic E-state index is 0. The van der Waals surface area contributed by atoms with Crippen molar-refractivity contribution in [3.63, 3.8) is 0 Å². The third-order valence-electron chi connectivity index (χ3n) is 2.83. The SMILES string of the molecule is CN=C(NCc1nncn1C)N1CCCC1.I. The Morgan fingerprint density at radius 3 is 2.71 bits per heavy atom. The van der Waals surface area contributed by atoms with Gasteiger partial charge in [0.05, 0.1) is 6.54 Å². The summed E-state index contributed by atoms with van der Waals surface area (Å²) in [7, 11) is 3.76. The highest BCUT2D eigenvalue weighted by Crippen LogP contribution is 2.07. The van der Waals surface area contributed by atoms with E-state index >= 15 is 0 Å². The van der Waals surface area contributed by atoms with Gasteiger partial charge >= 0.3 is 0 Å². The van der Waals surface area contributed by atoms with E-state index in [-0.39, 0.29) is 24.0 Å². The molecule has 0 amide bonds. The maximum absolute atomic E-state index is 4.27. The van der Waals surface area contributed by atoms with Gasteiger partial charge in [-0.15, -0.1) is 34.2 Å². The van der Waals surface area contributed by atoms with Crippen molar-refractivity contribution in [1.29, 1.82) is 0 Å². The van der Waals surface area contributed by atoms with E-state index in [4.69, 9.17) is 0 Å². The van der Waals surface area contributed by atoms with E-state index in [9.17, 15) is 0 Å². The first-order valence-electron chi connectivity index (χ1n) is 5.59. The lowest BCUT2D eigenvalue weighted by Gasteiger charge is -2.20. The first-order valence-corrected chi connectivity index (χ1v) is 5.59. The number of aliphatic imine (C=N–C) groups is 1. The summed E-state index contributed by atoms with van der Waals surface area (Å²) in [5.74, 6) is 1.88. The molecule has 1 aromatic rings. The fourth-order valence-corrected chi connectivity index (χ4v) is 1.89. The normalized spacial score (nSPS) is 15.9. The first-order chi connectivity index (χ1) is 7.81. The van der Waals surface area contributed by atoms with E-state index in [1.807, 2.05) is 18.7 Å². The lowest BCUT2D eigenvalue weighted by molar-refractivity contribution is 0.491. The van der Waals surface area contributed by atoms with Crippen molar-refractivity contribution in [1.82, 2.24) is 25.0 Å². The van der Waals surface area contributed by atoms with E-state index in [0.29, 0.717) is 6.54 Å². The van der Waals surface area contributed by atoms with Crippen LogP contribution < -0.4 is 5.32 Å². The van der Waals surface area contributed by atoms with Gasteiger partial charge in [0, 0.05) is 27.2 Å². The molecule has 96 valence electrons. The van der Waals surface area contributed by atoms with Gasteiger partial charge in [-0.05, 0) is 12.8 Å². The molecule has 2 heterocycles. The van der Waals surface area contributed by atoms with Crippen LogP contribution in [0.5, 0.6) is 0 Å². The van der Waals surface area contributed by atoms with Gasteiger partial charge in [-0.1, -0.05) is 0 Å². The number of likely N-dealkylation sites (tertiary alicyclic amines) is 1. The maximum atomic E-state index is 4.27. The zero-order valence-corrected chi connectivity index (χ0v) is 12.6. The zero-order chi connectivity index (χ0) is 11.4. The average Bonchev–Trinajstić information content (AvgIpc) is 2.92. The molecule has 1 aliphatic heterocycles. The van der Waals surface area contributed by atoms with Gasteiger partial charge in [0.15, 0.2) is 11.8 Å². The van der Waals surface area contributed by atoms with E-state index in [1.54, 1.807) is 6.33 Å². The maximum Gasteiger partial charge on any atom is 0.194 e. The van der Waals surface area contributed by atoms with Crippen LogP contribution in [0.1, 0.15) is 18.7 Å². The van der Waals surface area contributed by atoms with Crippen LogP contribution in [0.2, 0.25) is 0 Å². The van der Waals surface area contributed by atoms with E-state index in [0.717, 1.165) is 24.9 Å². The Kier molecular flexibility index (Phi) is 5.66. The van der Waals surface area contributed by atoms with Crippen molar-refractivity contribution in [2.45, 2.75) is 19.4 Å². The van der Waals surface area contributed by atoms with Crippen molar-refractivity contribution < 1.29 is 0 Å². The number of hydrogen-bond acceptors (Lipinski definition) is 3. The van der Waals surface area contributed by atoms with Crippen LogP contribution in [-0.4, -0.2) is 45.8 Å². The minimum absolute atomic E-state index is 0. The summed E-state index contributed by atoms with van der Waals surface area (Å²) in [4.78, 5) is 6.55. The highest BCUT2D eigenvalue weighted by Gasteiger charge is 2.15. The second-order valence-electron chi connectivity index (χ2n) is 3.95. The summed E-state index contributed by atoms with van der Waals surface area (Å²) >= 11 is 0. The Bertz CT molecular complexity index is 369. The Hall–Kier alpha value is -0.860. The number of guanidine groups is 1. The minimum Gasteiger partial charge on any atom is -0.349 e. The second kappa shape index (κ2) is 6.77. The Balaban J connectivity index is 0.00000144. The van der Waals surface area contributed by atoms with Gasteiger partial charge in [-0.3, -0.25) is 4.99 Å². The molecule has 0 bridgehead atoms. The summed E-state index contributed by atoms with van der Waals surface area (Å²) < 4.78 is 1.91. The van der Waals surface area contributed by atoms with Crippen molar-refractivity contribution in [2.24, 2.45) is 12.0 Å². The van der Waals surface area contributed by atoms with Gasteiger partial charge in [-0.25, -0.2) is 0 Å². The topological polar surface area (TPSA) is 58.3 Å². The molecule has 17 heavy (non-hydrogen) atoms. The third kappa shape index (κ3) is 3.55. The molecular weight excluding hydrogens is 331 g/mol. The van der Waals surface area contributed by atoms with Crippen LogP contribution in [0.3, 0.4) is 0 Å². The Morgan fingerprint density at radius 1 is 1.47 bits per heavy atom. The molecule has 6 nitrogen and oxygen atoms in total. The number of rotatable bonds is 2.